The molecule has 0 unspecified atom stereocenters. The lowest BCUT2D eigenvalue weighted by atomic mass is 10.0. The minimum Gasteiger partial charge on any atom is -0.347 e. The second kappa shape index (κ2) is 5.75. The molecule has 2 atom stereocenters. The standard InChI is InChI=1S/C12H23NO3/c1-9(14)7-11-8-10(5-6-13-4)15-12(2,3)16-11/h10-11,13H,5-8H2,1-4H3/t10-,11+/m1/s1. The van der Waals surface area contributed by atoms with Crippen LogP contribution in [0.5, 0.6) is 0 Å². The summed E-state index contributed by atoms with van der Waals surface area (Å²) < 4.78 is 11.5. The molecule has 1 saturated heterocycles. The van der Waals surface area contributed by atoms with E-state index in [1.165, 1.54) is 0 Å². The molecule has 0 bridgehead atoms. The Hall–Kier alpha value is -0.450. The van der Waals surface area contributed by atoms with Crippen molar-refractivity contribution < 1.29 is 14.3 Å². The first-order valence-electron chi connectivity index (χ1n) is 5.92. The molecule has 0 spiro atoms. The van der Waals surface area contributed by atoms with Crippen molar-refractivity contribution in [1.29, 1.82) is 0 Å². The normalized spacial score (nSPS) is 29.0. The van der Waals surface area contributed by atoms with Crippen molar-refractivity contribution in [1.82, 2.24) is 5.32 Å². The Morgan fingerprint density at radius 2 is 2.00 bits per heavy atom. The molecule has 1 aliphatic heterocycles. The summed E-state index contributed by atoms with van der Waals surface area (Å²) in [6.07, 6.45) is 2.44. The third kappa shape index (κ3) is 4.60. The molecule has 4 heteroatoms. The van der Waals surface area contributed by atoms with Crippen LogP contribution in [0, 0.1) is 0 Å². The maximum Gasteiger partial charge on any atom is 0.163 e. The van der Waals surface area contributed by atoms with Gasteiger partial charge in [0.1, 0.15) is 5.78 Å². The highest BCUT2D eigenvalue weighted by molar-refractivity contribution is 5.75. The molecule has 16 heavy (non-hydrogen) atoms. The quantitative estimate of drug-likeness (QED) is 0.776. The third-order valence-electron chi connectivity index (χ3n) is 2.66. The minimum atomic E-state index is -0.573. The Morgan fingerprint density at radius 1 is 1.38 bits per heavy atom. The van der Waals surface area contributed by atoms with Crippen molar-refractivity contribution in [3.63, 3.8) is 0 Å². The lowest BCUT2D eigenvalue weighted by molar-refractivity contribution is -0.299. The van der Waals surface area contributed by atoms with Crippen LogP contribution < -0.4 is 5.32 Å². The Bertz CT molecular complexity index is 240. The van der Waals surface area contributed by atoms with E-state index in [1.54, 1.807) is 6.92 Å². The van der Waals surface area contributed by atoms with E-state index in [-0.39, 0.29) is 18.0 Å². The first-order chi connectivity index (χ1) is 7.43. The van der Waals surface area contributed by atoms with Gasteiger partial charge in [-0.3, -0.25) is 4.79 Å². The van der Waals surface area contributed by atoms with Gasteiger partial charge in [0, 0.05) is 12.8 Å². The van der Waals surface area contributed by atoms with Crippen molar-refractivity contribution >= 4 is 5.78 Å². The molecule has 1 rings (SSSR count). The van der Waals surface area contributed by atoms with Crippen LogP contribution >= 0.6 is 0 Å². The van der Waals surface area contributed by atoms with E-state index in [0.717, 1.165) is 19.4 Å². The summed E-state index contributed by atoms with van der Waals surface area (Å²) in [5.74, 6) is -0.397. The highest BCUT2D eigenvalue weighted by Crippen LogP contribution is 2.29. The van der Waals surface area contributed by atoms with Crippen LogP contribution in [0.3, 0.4) is 0 Å². The van der Waals surface area contributed by atoms with Crippen molar-refractivity contribution in [2.75, 3.05) is 13.6 Å². The maximum atomic E-state index is 11.1. The topological polar surface area (TPSA) is 47.6 Å². The molecular formula is C12H23NO3. The first kappa shape index (κ1) is 13.6. The summed E-state index contributed by atoms with van der Waals surface area (Å²) >= 11 is 0. The van der Waals surface area contributed by atoms with Gasteiger partial charge in [0.2, 0.25) is 0 Å². The van der Waals surface area contributed by atoms with Crippen molar-refractivity contribution in [2.24, 2.45) is 0 Å². The zero-order valence-electron chi connectivity index (χ0n) is 10.7. The van der Waals surface area contributed by atoms with Gasteiger partial charge in [-0.15, -0.1) is 0 Å². The van der Waals surface area contributed by atoms with Gasteiger partial charge in [-0.05, 0) is 40.8 Å². The smallest absolute Gasteiger partial charge is 0.163 e. The Kier molecular flexibility index (Phi) is 4.89. The van der Waals surface area contributed by atoms with Gasteiger partial charge in [-0.2, -0.15) is 0 Å². The predicted octanol–water partition coefficient (Wildman–Crippen LogP) is 1.49. The molecule has 0 radical (unpaired) electrons. The lowest BCUT2D eigenvalue weighted by Crippen LogP contribution is -2.45. The summed E-state index contributed by atoms with van der Waals surface area (Å²) in [5.41, 5.74) is 0. The fourth-order valence-corrected chi connectivity index (χ4v) is 2.15. The molecule has 0 aromatic heterocycles. The average Bonchev–Trinajstić information content (AvgIpc) is 2.10. The monoisotopic (exact) mass is 229 g/mol. The predicted molar refractivity (Wildman–Crippen MR) is 62.3 cm³/mol. The fourth-order valence-electron chi connectivity index (χ4n) is 2.15. The zero-order chi connectivity index (χ0) is 12.2. The van der Waals surface area contributed by atoms with Crippen LogP contribution in [0.1, 0.15) is 40.0 Å². The lowest BCUT2D eigenvalue weighted by Gasteiger charge is -2.40. The van der Waals surface area contributed by atoms with E-state index >= 15 is 0 Å². The van der Waals surface area contributed by atoms with E-state index in [2.05, 4.69) is 5.32 Å². The number of hydrogen-bond acceptors (Lipinski definition) is 4. The molecule has 1 N–H and O–H groups in total. The highest BCUT2D eigenvalue weighted by atomic mass is 16.7. The van der Waals surface area contributed by atoms with E-state index in [1.807, 2.05) is 20.9 Å². The molecular weight excluding hydrogens is 206 g/mol. The Morgan fingerprint density at radius 3 is 2.56 bits per heavy atom. The van der Waals surface area contributed by atoms with Gasteiger partial charge < -0.3 is 14.8 Å². The first-order valence-corrected chi connectivity index (χ1v) is 5.92. The summed E-state index contributed by atoms with van der Waals surface area (Å²) in [5, 5.41) is 3.11. The largest absolute Gasteiger partial charge is 0.347 e. The van der Waals surface area contributed by atoms with Gasteiger partial charge in [0.05, 0.1) is 12.2 Å². The molecule has 0 aliphatic carbocycles. The van der Waals surface area contributed by atoms with Crippen molar-refractivity contribution in [2.45, 2.75) is 58.0 Å². The van der Waals surface area contributed by atoms with Gasteiger partial charge in [0.25, 0.3) is 0 Å². The maximum absolute atomic E-state index is 11.1. The van der Waals surface area contributed by atoms with Crippen LogP contribution in [-0.2, 0) is 14.3 Å². The highest BCUT2D eigenvalue weighted by Gasteiger charge is 2.35. The molecule has 0 saturated carbocycles. The number of rotatable bonds is 5. The number of Topliss-reactive ketones (excluding diaryl/α,β-unsaturated/α-hetero) is 1. The van der Waals surface area contributed by atoms with Crippen LogP contribution in [0.15, 0.2) is 0 Å². The Balaban J connectivity index is 2.51. The van der Waals surface area contributed by atoms with Crippen molar-refractivity contribution in [3.05, 3.63) is 0 Å². The summed E-state index contributed by atoms with van der Waals surface area (Å²) in [6, 6.07) is 0. The number of ether oxygens (including phenoxy) is 2. The van der Waals surface area contributed by atoms with E-state index in [0.29, 0.717) is 6.42 Å². The van der Waals surface area contributed by atoms with Crippen LogP contribution in [0.2, 0.25) is 0 Å². The Labute approximate surface area is 97.7 Å². The third-order valence-corrected chi connectivity index (χ3v) is 2.66. The summed E-state index contributed by atoms with van der Waals surface area (Å²) in [6.45, 7) is 6.35. The van der Waals surface area contributed by atoms with Gasteiger partial charge in [-0.25, -0.2) is 0 Å². The van der Waals surface area contributed by atoms with E-state index in [9.17, 15) is 4.79 Å². The molecule has 1 heterocycles. The molecule has 4 nitrogen and oxygen atoms in total. The number of hydrogen-bond donors (Lipinski definition) is 1. The second-order valence-corrected chi connectivity index (χ2v) is 4.91. The van der Waals surface area contributed by atoms with E-state index < -0.39 is 5.79 Å². The molecule has 1 aliphatic rings. The zero-order valence-corrected chi connectivity index (χ0v) is 10.7. The minimum absolute atomic E-state index is 0.00288. The number of carbonyl (C=O) groups is 1. The molecule has 0 aromatic carbocycles. The number of ketones is 1. The molecule has 1 fully saturated rings. The number of carbonyl (C=O) groups excluding carboxylic acids is 1. The molecule has 0 amide bonds. The van der Waals surface area contributed by atoms with Gasteiger partial charge >= 0.3 is 0 Å². The summed E-state index contributed by atoms with van der Waals surface area (Å²) in [7, 11) is 1.93. The van der Waals surface area contributed by atoms with E-state index in [4.69, 9.17) is 9.47 Å². The van der Waals surface area contributed by atoms with Crippen LogP contribution in [-0.4, -0.2) is 37.4 Å². The summed E-state index contributed by atoms with van der Waals surface area (Å²) in [4.78, 5) is 11.1. The van der Waals surface area contributed by atoms with Crippen LogP contribution in [0.25, 0.3) is 0 Å². The number of nitrogens with one attached hydrogen (secondary N) is 1. The average molecular weight is 229 g/mol. The van der Waals surface area contributed by atoms with Crippen LogP contribution in [0.4, 0.5) is 0 Å². The second-order valence-electron chi connectivity index (χ2n) is 4.91. The molecule has 94 valence electrons. The SMILES string of the molecule is CNCC[C@@H]1C[C@H](CC(C)=O)OC(C)(C)O1. The van der Waals surface area contributed by atoms with Gasteiger partial charge in [0.15, 0.2) is 5.79 Å². The fraction of sp³-hybridized carbons (Fsp3) is 0.917. The molecule has 0 aromatic rings. The van der Waals surface area contributed by atoms with Crippen molar-refractivity contribution in [3.8, 4) is 0 Å². The van der Waals surface area contributed by atoms with Gasteiger partial charge in [-0.1, -0.05) is 0 Å².